The van der Waals surface area contributed by atoms with E-state index in [1.165, 1.54) is 39.9 Å². The second kappa shape index (κ2) is 28.2. The topological polar surface area (TPSA) is 159 Å². The Bertz CT molecular complexity index is 1500. The van der Waals surface area contributed by atoms with Gasteiger partial charge in [-0.2, -0.15) is 0 Å². The summed E-state index contributed by atoms with van der Waals surface area (Å²) < 4.78 is 45.9. The first-order chi connectivity index (χ1) is 29.4. The fourth-order valence-corrected chi connectivity index (χ4v) is 7.87. The molecule has 0 aliphatic carbocycles. The maximum Gasteiger partial charge on any atom is 0.330 e. The van der Waals surface area contributed by atoms with Crippen molar-refractivity contribution < 1.29 is 61.9 Å². The third-order valence-corrected chi connectivity index (χ3v) is 11.9. The van der Waals surface area contributed by atoms with E-state index in [1.54, 1.807) is 33.1 Å². The van der Waals surface area contributed by atoms with Gasteiger partial charge in [0.25, 0.3) is 0 Å². The summed E-state index contributed by atoms with van der Waals surface area (Å²) in [4.78, 5) is 61.7. The highest BCUT2D eigenvalue weighted by Crippen LogP contribution is 2.50. The number of rotatable bonds is 26. The summed E-state index contributed by atoms with van der Waals surface area (Å²) >= 11 is 0. The largest absolute Gasteiger partial charge is 0.466 e. The highest BCUT2D eigenvalue weighted by atomic mass is 16.7. The molecule has 0 radical (unpaired) electrons. The van der Waals surface area contributed by atoms with Gasteiger partial charge in [0.1, 0.15) is 6.29 Å². The van der Waals surface area contributed by atoms with Gasteiger partial charge in [0, 0.05) is 44.6 Å². The van der Waals surface area contributed by atoms with Crippen molar-refractivity contribution in [1.29, 1.82) is 0 Å². The van der Waals surface area contributed by atoms with E-state index in [1.807, 2.05) is 20.8 Å². The van der Waals surface area contributed by atoms with Crippen LogP contribution in [0.15, 0.2) is 48.6 Å². The number of carbonyl (C=O) groups excluding carboxylic acids is 5. The van der Waals surface area contributed by atoms with Gasteiger partial charge in [-0.05, 0) is 69.9 Å². The molecule has 0 N–H and O–H groups in total. The van der Waals surface area contributed by atoms with Crippen LogP contribution in [0.1, 0.15) is 158 Å². The van der Waals surface area contributed by atoms with E-state index in [0.29, 0.717) is 56.0 Å². The molecular weight excluding hydrogens is 797 g/mol. The minimum atomic E-state index is -1.60. The number of esters is 4. The van der Waals surface area contributed by atoms with Gasteiger partial charge >= 0.3 is 23.9 Å². The molecule has 0 spiro atoms. The molecule has 0 aromatic heterocycles. The minimum absolute atomic E-state index is 0.239. The lowest BCUT2D eigenvalue weighted by Crippen LogP contribution is -2.63. The summed E-state index contributed by atoms with van der Waals surface area (Å²) in [5, 5.41) is 0. The number of hydrogen-bond donors (Lipinski definition) is 0. The second-order valence-electron chi connectivity index (χ2n) is 17.3. The second-order valence-corrected chi connectivity index (χ2v) is 17.3. The molecule has 2 rings (SSSR count). The molecule has 0 bridgehead atoms. The van der Waals surface area contributed by atoms with Crippen molar-refractivity contribution in [2.45, 2.75) is 194 Å². The van der Waals surface area contributed by atoms with Crippen LogP contribution in [0.25, 0.3) is 0 Å². The molecule has 13 heteroatoms. The first kappa shape index (κ1) is 56.4. The fourth-order valence-electron chi connectivity index (χ4n) is 7.87. The van der Waals surface area contributed by atoms with Crippen LogP contribution in [0.2, 0.25) is 0 Å². The Labute approximate surface area is 372 Å². The standard InChI is InChI=1S/C25H42O6.C24H38O7/c1-8-11-12-13-14-16-21(26)30-23-19(18-22(27)28-6)17-20(15-9-2)31-25(23,29-7)24(4,5)10-3;1-7-9-10-11-12-14-20(26)30-22-18(16-21(27)28-5)15-19(13-8-2)31-24(22,29-6)23(3,4)17-25/h9,18,20,23H,2,8,10-17H2,1,3-7H3;8,16-17,19,22H,2,7,9-15H2,1,3-6H3/b19-18+;18-16+/t20-,23+,25-;19-,22+,24-/m11/s1. The first-order valence-electron chi connectivity index (χ1n) is 22.5. The highest BCUT2D eigenvalue weighted by molar-refractivity contribution is 5.84. The van der Waals surface area contributed by atoms with E-state index in [9.17, 15) is 24.0 Å². The minimum Gasteiger partial charge on any atom is -0.466 e. The van der Waals surface area contributed by atoms with Crippen molar-refractivity contribution in [3.63, 3.8) is 0 Å². The molecule has 0 aromatic rings. The lowest BCUT2D eigenvalue weighted by Gasteiger charge is -2.53. The Morgan fingerprint density at radius 3 is 1.37 bits per heavy atom. The Kier molecular flexibility index (Phi) is 25.6. The van der Waals surface area contributed by atoms with Gasteiger partial charge < -0.3 is 42.7 Å². The van der Waals surface area contributed by atoms with Crippen molar-refractivity contribution in [2.24, 2.45) is 10.8 Å². The summed E-state index contributed by atoms with van der Waals surface area (Å²) in [6.07, 6.45) is 17.6. The smallest absolute Gasteiger partial charge is 0.330 e. The van der Waals surface area contributed by atoms with Crippen LogP contribution in [0.4, 0.5) is 0 Å². The third kappa shape index (κ3) is 15.9. The van der Waals surface area contributed by atoms with Crippen molar-refractivity contribution in [3.05, 3.63) is 48.6 Å². The van der Waals surface area contributed by atoms with Gasteiger partial charge in [-0.3, -0.25) is 9.59 Å². The average Bonchev–Trinajstić information content (AvgIpc) is 3.25. The molecule has 0 unspecified atom stereocenters. The van der Waals surface area contributed by atoms with Crippen molar-refractivity contribution in [1.82, 2.24) is 0 Å². The Morgan fingerprint density at radius 1 is 0.645 bits per heavy atom. The van der Waals surface area contributed by atoms with E-state index in [2.05, 4.69) is 27.0 Å². The van der Waals surface area contributed by atoms with Gasteiger partial charge in [-0.1, -0.05) is 98.1 Å². The molecule has 2 aliphatic rings. The van der Waals surface area contributed by atoms with Gasteiger partial charge in [0.05, 0.1) is 31.8 Å². The summed E-state index contributed by atoms with van der Waals surface area (Å²) in [7, 11) is 5.57. The monoisotopic (exact) mass is 877 g/mol. The van der Waals surface area contributed by atoms with Crippen LogP contribution in [-0.4, -0.2) is 94.6 Å². The first-order valence-corrected chi connectivity index (χ1v) is 22.5. The Hall–Kier alpha value is -3.65. The molecule has 0 amide bonds. The molecule has 6 atom stereocenters. The fraction of sp³-hybridized carbons (Fsp3) is 0.735. The van der Waals surface area contributed by atoms with Gasteiger partial charge in [-0.25, -0.2) is 9.59 Å². The van der Waals surface area contributed by atoms with Crippen molar-refractivity contribution >= 4 is 30.2 Å². The number of carbonyl (C=O) groups is 5. The molecule has 0 aromatic carbocycles. The van der Waals surface area contributed by atoms with Crippen LogP contribution >= 0.6 is 0 Å². The number of aldehydes is 1. The van der Waals surface area contributed by atoms with Crippen LogP contribution in [0.5, 0.6) is 0 Å². The number of unbranched alkanes of at least 4 members (excludes halogenated alkanes) is 8. The zero-order valence-corrected chi connectivity index (χ0v) is 39.9. The van der Waals surface area contributed by atoms with Gasteiger partial charge in [-0.15, -0.1) is 13.2 Å². The molecule has 354 valence electrons. The normalized spacial score (nSPS) is 25.2. The lowest BCUT2D eigenvalue weighted by atomic mass is 9.73. The number of ether oxygens (including phenoxy) is 8. The predicted molar refractivity (Wildman–Crippen MR) is 239 cm³/mol. The molecule has 13 nitrogen and oxygen atoms in total. The average molecular weight is 877 g/mol. The SMILES string of the molecule is C=CC[C@@H]1C/C(=C\C(=O)OC)[C@H](OC(=O)CCCCCCC)[C@](OC)(C(C)(C)C=O)O1.C=CC[C@@H]1C/C(=C\C(=O)OC)[C@H](OC(=O)CCCCCCC)[C@](OC)(C(C)(C)CC)O1. The lowest BCUT2D eigenvalue weighted by molar-refractivity contribution is -0.345. The zero-order chi connectivity index (χ0) is 47.0. The summed E-state index contributed by atoms with van der Waals surface area (Å²) in [5.74, 6) is -4.63. The number of hydrogen-bond acceptors (Lipinski definition) is 13. The predicted octanol–water partition coefficient (Wildman–Crippen LogP) is 9.79. The summed E-state index contributed by atoms with van der Waals surface area (Å²) in [6.45, 7) is 21.2. The Balaban J connectivity index is 0.000000620. The molecule has 2 heterocycles. The van der Waals surface area contributed by atoms with Crippen molar-refractivity contribution in [2.75, 3.05) is 28.4 Å². The highest BCUT2D eigenvalue weighted by Gasteiger charge is 2.60. The molecule has 2 saturated heterocycles. The maximum atomic E-state index is 12.8. The van der Waals surface area contributed by atoms with Gasteiger partial charge in [0.2, 0.25) is 11.6 Å². The molecule has 2 fully saturated rings. The summed E-state index contributed by atoms with van der Waals surface area (Å²) in [6, 6.07) is 0. The van der Waals surface area contributed by atoms with E-state index in [-0.39, 0.29) is 18.5 Å². The molecular formula is C49H80O13. The number of methoxy groups -OCH3 is 4. The van der Waals surface area contributed by atoms with E-state index in [0.717, 1.165) is 57.8 Å². The van der Waals surface area contributed by atoms with Crippen LogP contribution in [0, 0.1) is 10.8 Å². The van der Waals surface area contributed by atoms with Gasteiger partial charge in [0.15, 0.2) is 12.2 Å². The third-order valence-electron chi connectivity index (χ3n) is 11.9. The van der Waals surface area contributed by atoms with Crippen LogP contribution in [-0.2, 0) is 61.9 Å². The quantitative estimate of drug-likeness (QED) is 0.0202. The van der Waals surface area contributed by atoms with E-state index in [4.69, 9.17) is 37.9 Å². The van der Waals surface area contributed by atoms with Crippen LogP contribution < -0.4 is 0 Å². The summed E-state index contributed by atoms with van der Waals surface area (Å²) in [5.41, 5.74) is -0.542. The van der Waals surface area contributed by atoms with Crippen LogP contribution in [0.3, 0.4) is 0 Å². The molecule has 0 saturated carbocycles. The van der Waals surface area contributed by atoms with Crippen molar-refractivity contribution in [3.8, 4) is 0 Å². The molecule has 2 aliphatic heterocycles. The Morgan fingerprint density at radius 2 is 1.03 bits per heavy atom. The molecule has 62 heavy (non-hydrogen) atoms. The maximum absolute atomic E-state index is 12.8. The van der Waals surface area contributed by atoms with E-state index < -0.39 is 58.6 Å². The van der Waals surface area contributed by atoms with E-state index >= 15 is 0 Å². The zero-order valence-electron chi connectivity index (χ0n) is 39.9.